The van der Waals surface area contributed by atoms with Gasteiger partial charge >= 0.3 is 0 Å². The summed E-state index contributed by atoms with van der Waals surface area (Å²) in [4.78, 5) is 2.22. The van der Waals surface area contributed by atoms with E-state index in [9.17, 15) is 5.11 Å². The number of hydrogen-bond donors (Lipinski definition) is 1. The molecule has 0 aliphatic carbocycles. The van der Waals surface area contributed by atoms with E-state index in [0.29, 0.717) is 23.0 Å². The van der Waals surface area contributed by atoms with Gasteiger partial charge in [0.15, 0.2) is 5.76 Å². The van der Waals surface area contributed by atoms with Crippen LogP contribution in [-0.4, -0.2) is 44.6 Å². The summed E-state index contributed by atoms with van der Waals surface area (Å²) in [7, 11) is 0. The molecule has 0 bridgehead atoms. The predicted octanol–water partition coefficient (Wildman–Crippen LogP) is 1.92. The van der Waals surface area contributed by atoms with E-state index >= 15 is 0 Å². The quantitative estimate of drug-likeness (QED) is 0.920. The van der Waals surface area contributed by atoms with Crippen molar-refractivity contribution in [1.82, 2.24) is 19.8 Å². The molecule has 6 nitrogen and oxygen atoms in total. The van der Waals surface area contributed by atoms with Gasteiger partial charge in [0.05, 0.1) is 12.2 Å². The number of nitrogens with zero attached hydrogens (tertiary/aromatic N) is 4. The molecule has 0 saturated carbocycles. The maximum Gasteiger partial charge on any atom is 0.167 e. The van der Waals surface area contributed by atoms with Gasteiger partial charge in [0, 0.05) is 31.9 Å². The van der Waals surface area contributed by atoms with Crippen LogP contribution in [0.1, 0.15) is 29.9 Å². The van der Waals surface area contributed by atoms with Crippen LogP contribution in [0.5, 0.6) is 0 Å². The van der Waals surface area contributed by atoms with Crippen molar-refractivity contribution in [2.45, 2.75) is 25.5 Å². The molecule has 1 aliphatic heterocycles. The van der Waals surface area contributed by atoms with Crippen LogP contribution in [0, 0.1) is 6.92 Å². The summed E-state index contributed by atoms with van der Waals surface area (Å²) in [5.74, 6) is 0.496. The third-order valence-electron chi connectivity index (χ3n) is 3.61. The Bertz CT molecular complexity index is 582. The first-order valence-corrected chi connectivity index (χ1v) is 7.44. The second-order valence-electron chi connectivity index (χ2n) is 5.27. The topological polar surface area (TPSA) is 67.3 Å². The van der Waals surface area contributed by atoms with Gasteiger partial charge in [-0.25, -0.2) is 0 Å². The highest BCUT2D eigenvalue weighted by Gasteiger charge is 2.27. The van der Waals surface area contributed by atoms with E-state index in [1.54, 1.807) is 6.07 Å². The fourth-order valence-corrected chi connectivity index (χ4v) is 2.88. The number of β-amino-alcohol motifs (C(OH)–C–C–N with tert-alkyl or cyclic N) is 1. The number of rotatable bonds is 4. The molecule has 1 saturated heterocycles. The van der Waals surface area contributed by atoms with Crippen molar-refractivity contribution < 1.29 is 9.63 Å². The molecular formula is C13H17BrN4O2. The van der Waals surface area contributed by atoms with Crippen molar-refractivity contribution >= 4 is 15.9 Å². The molecule has 3 heterocycles. The van der Waals surface area contributed by atoms with Crippen LogP contribution >= 0.6 is 15.9 Å². The minimum absolute atomic E-state index is 0.386. The van der Waals surface area contributed by atoms with Crippen LogP contribution < -0.4 is 0 Å². The summed E-state index contributed by atoms with van der Waals surface area (Å²) in [5.41, 5.74) is 1.18. The Morgan fingerprint density at radius 1 is 1.60 bits per heavy atom. The lowest BCUT2D eigenvalue weighted by atomic mass is 10.2. The van der Waals surface area contributed by atoms with Crippen molar-refractivity contribution in [3.8, 4) is 0 Å². The summed E-state index contributed by atoms with van der Waals surface area (Å²) in [5, 5.41) is 18.2. The van der Waals surface area contributed by atoms with Crippen molar-refractivity contribution in [2.24, 2.45) is 0 Å². The minimum Gasteiger partial charge on any atom is -0.384 e. The number of aromatic nitrogens is 3. The molecule has 3 rings (SSSR count). The van der Waals surface area contributed by atoms with E-state index in [1.165, 1.54) is 5.56 Å². The van der Waals surface area contributed by atoms with Crippen LogP contribution in [0.25, 0.3) is 0 Å². The van der Waals surface area contributed by atoms with Crippen molar-refractivity contribution in [2.75, 3.05) is 19.6 Å². The molecule has 2 aromatic rings. The van der Waals surface area contributed by atoms with E-state index in [4.69, 9.17) is 4.52 Å². The zero-order valence-corrected chi connectivity index (χ0v) is 12.8. The molecule has 108 valence electrons. The zero-order chi connectivity index (χ0) is 14.1. The molecule has 0 spiro atoms. The van der Waals surface area contributed by atoms with Crippen LogP contribution in [0.2, 0.25) is 0 Å². The third kappa shape index (κ3) is 2.94. The molecule has 7 heteroatoms. The van der Waals surface area contributed by atoms with Gasteiger partial charge in [-0.2, -0.15) is 5.10 Å². The monoisotopic (exact) mass is 340 g/mol. The fourth-order valence-electron chi connectivity index (χ4n) is 2.58. The maximum atomic E-state index is 10.1. The molecule has 2 aromatic heterocycles. The lowest BCUT2D eigenvalue weighted by Gasteiger charge is -2.18. The van der Waals surface area contributed by atoms with Gasteiger partial charge in [0.2, 0.25) is 0 Å². The lowest BCUT2D eigenvalue weighted by molar-refractivity contribution is 0.0969. The molecule has 20 heavy (non-hydrogen) atoms. The van der Waals surface area contributed by atoms with Crippen molar-refractivity contribution in [3.05, 3.63) is 34.4 Å². The third-order valence-corrected chi connectivity index (χ3v) is 3.99. The second-order valence-corrected chi connectivity index (χ2v) is 6.08. The van der Waals surface area contributed by atoms with Crippen LogP contribution in [0.3, 0.4) is 0 Å². The van der Waals surface area contributed by atoms with E-state index in [-0.39, 0.29) is 0 Å². The van der Waals surface area contributed by atoms with Gasteiger partial charge in [-0.3, -0.25) is 9.58 Å². The normalized spacial score (nSPS) is 21.4. The Morgan fingerprint density at radius 3 is 3.10 bits per heavy atom. The van der Waals surface area contributed by atoms with Crippen LogP contribution in [0.15, 0.2) is 27.6 Å². The molecule has 2 atom stereocenters. The highest BCUT2D eigenvalue weighted by Crippen LogP contribution is 2.24. The molecule has 1 aliphatic rings. The van der Waals surface area contributed by atoms with Crippen molar-refractivity contribution in [3.63, 3.8) is 0 Å². The van der Waals surface area contributed by atoms with Crippen molar-refractivity contribution in [1.29, 1.82) is 0 Å². The zero-order valence-electron chi connectivity index (χ0n) is 11.2. The number of hydrogen-bond acceptors (Lipinski definition) is 5. The minimum atomic E-state index is -0.646. The summed E-state index contributed by atoms with van der Waals surface area (Å²) in [6, 6.07) is 2.09. The number of halogens is 1. The average molecular weight is 341 g/mol. The Kier molecular flexibility index (Phi) is 3.91. The summed E-state index contributed by atoms with van der Waals surface area (Å²) < 4.78 is 7.69. The van der Waals surface area contributed by atoms with E-state index < -0.39 is 6.10 Å². The Hall–Kier alpha value is -1.18. The van der Waals surface area contributed by atoms with Gasteiger partial charge in [0.1, 0.15) is 10.7 Å². The first kappa shape index (κ1) is 13.8. The first-order chi connectivity index (χ1) is 9.61. The predicted molar refractivity (Wildman–Crippen MR) is 76.2 cm³/mol. The lowest BCUT2D eigenvalue weighted by Crippen LogP contribution is -2.27. The number of aliphatic hydroxyl groups excluding tert-OH is 1. The smallest absolute Gasteiger partial charge is 0.167 e. The first-order valence-electron chi connectivity index (χ1n) is 6.65. The molecule has 0 radical (unpaired) electrons. The standard InChI is InChI=1S/C13H17BrN4O2/c1-9-5-15-18(6-9)10-2-3-17(7-10)8-11(19)12-4-13(14)16-20-12/h4-6,10-11,19H,2-3,7-8H2,1H3. The Labute approximate surface area is 125 Å². The molecule has 0 aromatic carbocycles. The van der Waals surface area contributed by atoms with Gasteiger partial charge in [-0.15, -0.1) is 0 Å². The molecular weight excluding hydrogens is 324 g/mol. The molecule has 1 fully saturated rings. The van der Waals surface area contributed by atoms with Crippen LogP contribution in [-0.2, 0) is 0 Å². The highest BCUT2D eigenvalue weighted by atomic mass is 79.9. The molecule has 1 N–H and O–H groups in total. The molecule has 0 amide bonds. The summed E-state index contributed by atoms with van der Waals surface area (Å²) >= 11 is 3.21. The summed E-state index contributed by atoms with van der Waals surface area (Å²) in [6.07, 6.45) is 4.35. The van der Waals surface area contributed by atoms with Gasteiger partial charge in [-0.1, -0.05) is 5.16 Å². The average Bonchev–Trinajstić information content (AvgIpc) is 3.10. The number of likely N-dealkylation sites (tertiary alicyclic amines) is 1. The van der Waals surface area contributed by atoms with Crippen LogP contribution in [0.4, 0.5) is 0 Å². The van der Waals surface area contributed by atoms with E-state index in [0.717, 1.165) is 19.5 Å². The SMILES string of the molecule is Cc1cnn(C2CCN(CC(O)c3cc(Br)no3)C2)c1. The van der Waals surface area contributed by atoms with E-state index in [1.807, 2.05) is 17.8 Å². The summed E-state index contributed by atoms with van der Waals surface area (Å²) in [6.45, 7) is 4.45. The fraction of sp³-hybridized carbons (Fsp3) is 0.538. The maximum absolute atomic E-state index is 10.1. The van der Waals surface area contributed by atoms with Gasteiger partial charge in [0.25, 0.3) is 0 Å². The van der Waals surface area contributed by atoms with Gasteiger partial charge < -0.3 is 9.63 Å². The highest BCUT2D eigenvalue weighted by molar-refractivity contribution is 9.10. The van der Waals surface area contributed by atoms with Gasteiger partial charge in [-0.05, 0) is 34.8 Å². The molecule has 2 unspecified atom stereocenters. The number of aryl methyl sites for hydroxylation is 1. The van der Waals surface area contributed by atoms with E-state index in [2.05, 4.69) is 37.3 Å². The second kappa shape index (κ2) is 5.67. The largest absolute Gasteiger partial charge is 0.384 e. The Morgan fingerprint density at radius 2 is 2.45 bits per heavy atom. The Balaban J connectivity index is 1.57. The number of aliphatic hydroxyl groups is 1.